The van der Waals surface area contributed by atoms with E-state index in [4.69, 9.17) is 14.6 Å². The van der Waals surface area contributed by atoms with E-state index in [2.05, 4.69) is 4.72 Å². The summed E-state index contributed by atoms with van der Waals surface area (Å²) in [5.41, 5.74) is 0.660. The first-order valence-corrected chi connectivity index (χ1v) is 6.69. The predicted octanol–water partition coefficient (Wildman–Crippen LogP) is -0.0807. The molecule has 18 heavy (non-hydrogen) atoms. The Morgan fingerprint density at radius 2 is 2.06 bits per heavy atom. The number of carboxylic acid groups (broad SMARTS) is 1. The Morgan fingerprint density at radius 1 is 1.33 bits per heavy atom. The van der Waals surface area contributed by atoms with Crippen LogP contribution in [0.3, 0.4) is 0 Å². The van der Waals surface area contributed by atoms with Crippen molar-refractivity contribution in [1.29, 1.82) is 0 Å². The Labute approximate surface area is 103 Å². The SMILES string of the molecule is O=C(O)CS(=O)(=O)NCc1ccc2c(c1)OCO2. The quantitative estimate of drug-likeness (QED) is 0.778. The van der Waals surface area contributed by atoms with Crippen molar-refractivity contribution >= 4 is 16.0 Å². The zero-order valence-corrected chi connectivity index (χ0v) is 10.1. The van der Waals surface area contributed by atoms with Crippen LogP contribution in [0.15, 0.2) is 18.2 Å². The molecule has 1 aromatic rings. The molecule has 98 valence electrons. The minimum absolute atomic E-state index is 0.00620. The number of nitrogens with one attached hydrogen (secondary N) is 1. The molecule has 0 radical (unpaired) electrons. The van der Waals surface area contributed by atoms with Gasteiger partial charge in [0.25, 0.3) is 0 Å². The van der Waals surface area contributed by atoms with E-state index in [9.17, 15) is 13.2 Å². The average Bonchev–Trinajstić information content (AvgIpc) is 2.71. The summed E-state index contributed by atoms with van der Waals surface area (Å²) in [6.45, 7) is 0.149. The first-order valence-electron chi connectivity index (χ1n) is 5.04. The summed E-state index contributed by atoms with van der Waals surface area (Å²) in [5.74, 6) is -1.19. The molecule has 0 amide bonds. The fraction of sp³-hybridized carbons (Fsp3) is 0.300. The van der Waals surface area contributed by atoms with E-state index in [1.807, 2.05) is 0 Å². The highest BCUT2D eigenvalue weighted by Crippen LogP contribution is 2.32. The van der Waals surface area contributed by atoms with Gasteiger partial charge in [-0.25, -0.2) is 13.1 Å². The van der Waals surface area contributed by atoms with Gasteiger partial charge in [-0.15, -0.1) is 0 Å². The van der Waals surface area contributed by atoms with Crippen molar-refractivity contribution in [3.8, 4) is 11.5 Å². The summed E-state index contributed by atoms with van der Waals surface area (Å²) in [4.78, 5) is 10.3. The smallest absolute Gasteiger partial charge is 0.320 e. The maximum Gasteiger partial charge on any atom is 0.320 e. The Hall–Kier alpha value is -1.80. The predicted molar refractivity (Wildman–Crippen MR) is 60.8 cm³/mol. The molecule has 0 fully saturated rings. The molecule has 1 aromatic carbocycles. The van der Waals surface area contributed by atoms with Crippen LogP contribution in [-0.2, 0) is 21.4 Å². The van der Waals surface area contributed by atoms with Gasteiger partial charge in [-0.05, 0) is 17.7 Å². The van der Waals surface area contributed by atoms with Crippen LogP contribution in [0.1, 0.15) is 5.56 Å². The molecule has 0 atom stereocenters. The highest BCUT2D eigenvalue weighted by molar-refractivity contribution is 7.90. The Kier molecular flexibility index (Phi) is 3.39. The third-order valence-corrected chi connectivity index (χ3v) is 3.46. The Bertz CT molecular complexity index is 568. The number of ether oxygens (including phenoxy) is 2. The fourth-order valence-corrected chi connectivity index (χ4v) is 2.27. The van der Waals surface area contributed by atoms with Gasteiger partial charge in [0.2, 0.25) is 16.8 Å². The molecule has 7 nitrogen and oxygen atoms in total. The molecule has 0 aromatic heterocycles. The molecule has 0 saturated carbocycles. The van der Waals surface area contributed by atoms with Crippen molar-refractivity contribution in [2.24, 2.45) is 0 Å². The lowest BCUT2D eigenvalue weighted by molar-refractivity contribution is -0.134. The maximum absolute atomic E-state index is 11.3. The van der Waals surface area contributed by atoms with Gasteiger partial charge in [0.05, 0.1) is 0 Å². The van der Waals surface area contributed by atoms with E-state index in [-0.39, 0.29) is 13.3 Å². The molecule has 0 saturated heterocycles. The van der Waals surface area contributed by atoms with Crippen LogP contribution in [0, 0.1) is 0 Å². The summed E-state index contributed by atoms with van der Waals surface area (Å²) < 4.78 is 35.0. The second-order valence-electron chi connectivity index (χ2n) is 3.66. The van der Waals surface area contributed by atoms with E-state index in [0.717, 1.165) is 0 Å². The molecule has 0 spiro atoms. The van der Waals surface area contributed by atoms with Crippen molar-refractivity contribution in [3.63, 3.8) is 0 Å². The average molecular weight is 273 g/mol. The van der Waals surface area contributed by atoms with Crippen LogP contribution in [-0.4, -0.2) is 32.0 Å². The lowest BCUT2D eigenvalue weighted by atomic mass is 10.2. The van der Waals surface area contributed by atoms with Crippen LogP contribution in [0.25, 0.3) is 0 Å². The Balaban J connectivity index is 2.00. The molecule has 8 heteroatoms. The van der Waals surface area contributed by atoms with Gasteiger partial charge in [0.15, 0.2) is 17.3 Å². The van der Waals surface area contributed by atoms with Crippen molar-refractivity contribution < 1.29 is 27.8 Å². The van der Waals surface area contributed by atoms with Gasteiger partial charge in [0.1, 0.15) is 0 Å². The van der Waals surface area contributed by atoms with Gasteiger partial charge in [-0.1, -0.05) is 6.07 Å². The normalized spacial score (nSPS) is 13.6. The third kappa shape index (κ3) is 3.11. The third-order valence-electron chi connectivity index (χ3n) is 2.25. The number of hydrogen-bond acceptors (Lipinski definition) is 5. The van der Waals surface area contributed by atoms with Crippen LogP contribution in [0.2, 0.25) is 0 Å². The molecule has 1 aliphatic heterocycles. The number of rotatable bonds is 5. The molecule has 1 heterocycles. The monoisotopic (exact) mass is 273 g/mol. The number of sulfonamides is 1. The fourth-order valence-electron chi connectivity index (χ4n) is 1.46. The van der Waals surface area contributed by atoms with E-state index in [0.29, 0.717) is 17.1 Å². The standard InChI is InChI=1S/C10H11NO6S/c12-10(13)5-18(14,15)11-4-7-1-2-8-9(3-7)17-6-16-8/h1-3,11H,4-6H2,(H,12,13). The first-order chi connectivity index (χ1) is 8.46. The highest BCUT2D eigenvalue weighted by atomic mass is 32.2. The molecular weight excluding hydrogens is 262 g/mol. The largest absolute Gasteiger partial charge is 0.480 e. The summed E-state index contributed by atoms with van der Waals surface area (Å²) in [5, 5.41) is 8.42. The van der Waals surface area contributed by atoms with E-state index in [1.54, 1.807) is 18.2 Å². The number of hydrogen-bond donors (Lipinski definition) is 2. The van der Waals surface area contributed by atoms with Crippen molar-refractivity contribution in [2.75, 3.05) is 12.5 Å². The van der Waals surface area contributed by atoms with Crippen LogP contribution >= 0.6 is 0 Å². The number of aliphatic carboxylic acids is 1. The van der Waals surface area contributed by atoms with Gasteiger partial charge in [0, 0.05) is 6.54 Å². The minimum atomic E-state index is -3.81. The number of fused-ring (bicyclic) bond motifs is 1. The number of carboxylic acids is 1. The van der Waals surface area contributed by atoms with Crippen LogP contribution < -0.4 is 14.2 Å². The molecule has 0 unspecified atom stereocenters. The second kappa shape index (κ2) is 4.83. The van der Waals surface area contributed by atoms with E-state index < -0.39 is 21.7 Å². The summed E-state index contributed by atoms with van der Waals surface area (Å²) >= 11 is 0. The summed E-state index contributed by atoms with van der Waals surface area (Å²) in [6.07, 6.45) is 0. The molecule has 0 bridgehead atoms. The second-order valence-corrected chi connectivity index (χ2v) is 5.47. The van der Waals surface area contributed by atoms with Crippen molar-refractivity contribution in [1.82, 2.24) is 4.72 Å². The van der Waals surface area contributed by atoms with Crippen molar-refractivity contribution in [3.05, 3.63) is 23.8 Å². The van der Waals surface area contributed by atoms with E-state index in [1.165, 1.54) is 0 Å². The zero-order chi connectivity index (χ0) is 13.2. The van der Waals surface area contributed by atoms with E-state index >= 15 is 0 Å². The summed E-state index contributed by atoms with van der Waals surface area (Å²) in [7, 11) is -3.81. The number of benzene rings is 1. The van der Waals surface area contributed by atoms with Gasteiger partial charge >= 0.3 is 5.97 Å². The Morgan fingerprint density at radius 3 is 2.78 bits per heavy atom. The van der Waals surface area contributed by atoms with Crippen molar-refractivity contribution in [2.45, 2.75) is 6.54 Å². The maximum atomic E-state index is 11.3. The summed E-state index contributed by atoms with van der Waals surface area (Å²) in [6, 6.07) is 4.99. The molecular formula is C10H11NO6S. The molecule has 1 aliphatic rings. The van der Waals surface area contributed by atoms with Gasteiger partial charge in [-0.3, -0.25) is 4.79 Å². The lowest BCUT2D eigenvalue weighted by Crippen LogP contribution is -2.29. The molecule has 0 aliphatic carbocycles. The highest BCUT2D eigenvalue weighted by Gasteiger charge is 2.17. The first kappa shape index (κ1) is 12.7. The van der Waals surface area contributed by atoms with Gasteiger partial charge < -0.3 is 14.6 Å². The molecule has 2 rings (SSSR count). The van der Waals surface area contributed by atoms with Gasteiger partial charge in [-0.2, -0.15) is 0 Å². The number of carbonyl (C=O) groups is 1. The van der Waals surface area contributed by atoms with Crippen LogP contribution in [0.4, 0.5) is 0 Å². The molecule has 2 N–H and O–H groups in total. The minimum Gasteiger partial charge on any atom is -0.480 e. The topological polar surface area (TPSA) is 102 Å². The zero-order valence-electron chi connectivity index (χ0n) is 9.25. The van der Waals surface area contributed by atoms with Crippen LogP contribution in [0.5, 0.6) is 11.5 Å². The lowest BCUT2D eigenvalue weighted by Gasteiger charge is -2.05.